The first-order valence-corrected chi connectivity index (χ1v) is 25.7. The first-order valence-electron chi connectivity index (χ1n) is 25.7. The van der Waals surface area contributed by atoms with Crippen LogP contribution in [0.5, 0.6) is 0 Å². The van der Waals surface area contributed by atoms with E-state index in [1.807, 2.05) is 0 Å². The molecule has 0 bridgehead atoms. The van der Waals surface area contributed by atoms with Crippen LogP contribution in [0.15, 0.2) is 85.1 Å². The lowest BCUT2D eigenvalue weighted by Gasteiger charge is -2.39. The smallest absolute Gasteiger partial charge is 0.306 e. The molecule has 6 unspecified atom stereocenters. The molecule has 0 amide bonds. The number of allylic oxidation sites excluding steroid dienone is 14. The second kappa shape index (κ2) is 45.5. The van der Waals surface area contributed by atoms with Gasteiger partial charge in [0, 0.05) is 13.0 Å². The third kappa shape index (κ3) is 35.6. The Kier molecular flexibility index (Phi) is 42.2. The lowest BCUT2D eigenvalue weighted by Crippen LogP contribution is -2.59. The van der Waals surface area contributed by atoms with E-state index >= 15 is 0 Å². The Labute approximate surface area is 390 Å². The highest BCUT2D eigenvalue weighted by Gasteiger charge is 2.44. The predicted molar refractivity (Wildman–Crippen MR) is 265 cm³/mol. The number of carbonyl (C=O) groups excluding carboxylic acids is 1. The molecule has 0 aromatic carbocycles. The average molecular weight is 899 g/mol. The molecule has 1 heterocycles. The predicted octanol–water partition coefficient (Wildman–Crippen LogP) is 12.6. The van der Waals surface area contributed by atoms with Crippen LogP contribution in [0.25, 0.3) is 0 Å². The van der Waals surface area contributed by atoms with Crippen LogP contribution in [0.2, 0.25) is 0 Å². The van der Waals surface area contributed by atoms with E-state index in [4.69, 9.17) is 18.9 Å². The number of hydrogen-bond acceptors (Lipinski definition) is 9. The van der Waals surface area contributed by atoms with Crippen molar-refractivity contribution in [2.24, 2.45) is 0 Å². The molecule has 368 valence electrons. The third-order valence-electron chi connectivity index (χ3n) is 11.3. The number of esters is 1. The van der Waals surface area contributed by atoms with E-state index in [1.54, 1.807) is 0 Å². The van der Waals surface area contributed by atoms with Gasteiger partial charge in [0.05, 0.1) is 19.8 Å². The Morgan fingerprint density at radius 2 is 0.953 bits per heavy atom. The average Bonchev–Trinajstić information content (AvgIpc) is 3.30. The number of unbranched alkanes of at least 4 members (excludes halogenated alkanes) is 18. The van der Waals surface area contributed by atoms with Crippen molar-refractivity contribution < 1.29 is 44.2 Å². The first-order chi connectivity index (χ1) is 31.4. The molecule has 6 atom stereocenters. The molecule has 9 nitrogen and oxygen atoms in total. The van der Waals surface area contributed by atoms with E-state index in [2.05, 4.69) is 98.9 Å². The van der Waals surface area contributed by atoms with Gasteiger partial charge in [0.15, 0.2) is 6.29 Å². The van der Waals surface area contributed by atoms with Gasteiger partial charge in [-0.2, -0.15) is 0 Å². The lowest BCUT2D eigenvalue weighted by atomic mass is 9.99. The van der Waals surface area contributed by atoms with Gasteiger partial charge in [-0.15, -0.1) is 0 Å². The maximum absolute atomic E-state index is 12.8. The lowest BCUT2D eigenvalue weighted by molar-refractivity contribution is -0.305. The van der Waals surface area contributed by atoms with Gasteiger partial charge in [-0.1, -0.05) is 202 Å². The van der Waals surface area contributed by atoms with Crippen LogP contribution in [0.4, 0.5) is 0 Å². The minimum absolute atomic E-state index is 0.128. The molecule has 1 fully saturated rings. The number of hydrogen-bond donors (Lipinski definition) is 4. The molecule has 4 N–H and O–H groups in total. The molecule has 0 radical (unpaired) electrons. The van der Waals surface area contributed by atoms with Crippen molar-refractivity contribution in [3.63, 3.8) is 0 Å². The SMILES string of the molecule is CC/C=C\C/C=C\C/C=C\C/C=C\C/C=C\C/C=C\C/C=C\CCCCCC(=O)OC(COCCCCCCCCCCCCCCCCCC)COC1OC(CO)C(O)C(O)C1O. The largest absolute Gasteiger partial charge is 0.457 e. The highest BCUT2D eigenvalue weighted by Crippen LogP contribution is 2.22. The van der Waals surface area contributed by atoms with Gasteiger partial charge in [0.25, 0.3) is 0 Å². The van der Waals surface area contributed by atoms with Crippen LogP contribution in [-0.2, 0) is 23.7 Å². The number of carbonyl (C=O) groups is 1. The van der Waals surface area contributed by atoms with Crippen molar-refractivity contribution in [3.05, 3.63) is 85.1 Å². The topological polar surface area (TPSA) is 135 Å². The highest BCUT2D eigenvalue weighted by molar-refractivity contribution is 5.69. The molecule has 1 rings (SSSR count). The van der Waals surface area contributed by atoms with Crippen molar-refractivity contribution >= 4 is 5.97 Å². The van der Waals surface area contributed by atoms with Gasteiger partial charge < -0.3 is 39.4 Å². The fourth-order valence-electron chi connectivity index (χ4n) is 7.35. The fourth-order valence-corrected chi connectivity index (χ4v) is 7.35. The highest BCUT2D eigenvalue weighted by atomic mass is 16.7. The number of rotatable bonds is 43. The molecular formula is C55H94O9. The van der Waals surface area contributed by atoms with E-state index in [1.165, 1.54) is 89.9 Å². The fraction of sp³-hybridized carbons (Fsp3) is 0.727. The standard InChI is InChI=1S/C55H94O9/c1-3-5-7-9-11-13-15-17-19-21-22-23-24-25-26-27-28-29-30-32-34-36-38-40-42-44-51(57)63-49(48-62-55-54(60)53(59)52(58)50(46-56)64-55)47-61-45-43-41-39-37-35-33-31-20-18-16-14-12-10-8-6-4-2/h5,7,11,13,17,19,22-23,25-26,28-29,32,34,49-50,52-56,58-60H,3-4,6,8-10,12,14-16,18,20-21,24,27,30-31,33,35-48H2,1-2H3/b7-5-,13-11-,19-17-,23-22-,26-25-,29-28-,34-32-. The Hall–Kier alpha value is -2.63. The minimum Gasteiger partial charge on any atom is -0.457 e. The summed E-state index contributed by atoms with van der Waals surface area (Å²) in [7, 11) is 0. The van der Waals surface area contributed by atoms with Crippen LogP contribution >= 0.6 is 0 Å². The quantitative estimate of drug-likeness (QED) is 0.0268. The van der Waals surface area contributed by atoms with E-state index in [-0.39, 0.29) is 25.6 Å². The van der Waals surface area contributed by atoms with Crippen molar-refractivity contribution in [2.75, 3.05) is 26.4 Å². The van der Waals surface area contributed by atoms with E-state index in [0.29, 0.717) is 13.0 Å². The monoisotopic (exact) mass is 899 g/mol. The van der Waals surface area contributed by atoms with E-state index < -0.39 is 43.4 Å². The molecule has 0 spiro atoms. The van der Waals surface area contributed by atoms with Crippen molar-refractivity contribution in [1.82, 2.24) is 0 Å². The molecule has 0 aliphatic carbocycles. The molecular weight excluding hydrogens is 805 g/mol. The summed E-state index contributed by atoms with van der Waals surface area (Å²) in [6.07, 6.45) is 54.7. The first kappa shape index (κ1) is 59.4. The summed E-state index contributed by atoms with van der Waals surface area (Å²) in [5.74, 6) is -0.346. The summed E-state index contributed by atoms with van der Waals surface area (Å²) >= 11 is 0. The molecule has 1 aliphatic heterocycles. The molecule has 64 heavy (non-hydrogen) atoms. The minimum atomic E-state index is -1.55. The van der Waals surface area contributed by atoms with Gasteiger partial charge in [-0.25, -0.2) is 0 Å². The van der Waals surface area contributed by atoms with E-state index in [0.717, 1.165) is 77.0 Å². The van der Waals surface area contributed by atoms with Crippen LogP contribution < -0.4 is 0 Å². The summed E-state index contributed by atoms with van der Waals surface area (Å²) in [6, 6.07) is 0. The van der Waals surface area contributed by atoms with Gasteiger partial charge in [-0.3, -0.25) is 4.79 Å². The normalized spacial score (nSPS) is 20.2. The molecule has 1 saturated heterocycles. The summed E-state index contributed by atoms with van der Waals surface area (Å²) in [5, 5.41) is 40.2. The van der Waals surface area contributed by atoms with Crippen LogP contribution in [-0.4, -0.2) is 89.6 Å². The van der Waals surface area contributed by atoms with Gasteiger partial charge in [0.1, 0.15) is 30.5 Å². The zero-order chi connectivity index (χ0) is 46.4. The maximum atomic E-state index is 12.8. The summed E-state index contributed by atoms with van der Waals surface area (Å²) in [4.78, 5) is 12.8. The number of ether oxygens (including phenoxy) is 4. The van der Waals surface area contributed by atoms with Crippen molar-refractivity contribution in [3.8, 4) is 0 Å². The van der Waals surface area contributed by atoms with Crippen molar-refractivity contribution in [2.45, 2.75) is 230 Å². The Morgan fingerprint density at radius 1 is 0.516 bits per heavy atom. The van der Waals surface area contributed by atoms with Gasteiger partial charge >= 0.3 is 5.97 Å². The van der Waals surface area contributed by atoms with E-state index in [9.17, 15) is 25.2 Å². The zero-order valence-corrected chi connectivity index (χ0v) is 40.5. The second-order valence-electron chi connectivity index (χ2n) is 17.2. The second-order valence-corrected chi connectivity index (χ2v) is 17.2. The molecule has 0 saturated carbocycles. The van der Waals surface area contributed by atoms with Crippen LogP contribution in [0, 0.1) is 0 Å². The zero-order valence-electron chi connectivity index (χ0n) is 40.5. The summed E-state index contributed by atoms with van der Waals surface area (Å²) in [6.45, 7) is 4.41. The number of aliphatic hydroxyl groups is 4. The summed E-state index contributed by atoms with van der Waals surface area (Å²) < 4.78 is 22.9. The Balaban J connectivity index is 2.25. The van der Waals surface area contributed by atoms with Crippen molar-refractivity contribution in [1.29, 1.82) is 0 Å². The van der Waals surface area contributed by atoms with Crippen LogP contribution in [0.1, 0.15) is 194 Å². The number of aliphatic hydroxyl groups excluding tert-OH is 4. The summed E-state index contributed by atoms with van der Waals surface area (Å²) in [5.41, 5.74) is 0. The Bertz CT molecular complexity index is 1250. The third-order valence-corrected chi connectivity index (χ3v) is 11.3. The molecule has 1 aliphatic rings. The molecule has 0 aromatic heterocycles. The molecule has 9 heteroatoms. The maximum Gasteiger partial charge on any atom is 0.306 e. The van der Waals surface area contributed by atoms with Gasteiger partial charge in [-0.05, 0) is 70.6 Å². The van der Waals surface area contributed by atoms with Gasteiger partial charge in [0.2, 0.25) is 0 Å². The molecule has 0 aromatic rings. The van der Waals surface area contributed by atoms with Crippen LogP contribution in [0.3, 0.4) is 0 Å². The Morgan fingerprint density at radius 3 is 1.42 bits per heavy atom.